The molecule has 4 nitrogen and oxygen atoms in total. The van der Waals surface area contributed by atoms with Crippen LogP contribution in [0.3, 0.4) is 0 Å². The van der Waals surface area contributed by atoms with E-state index in [0.717, 1.165) is 5.82 Å². The third-order valence-corrected chi connectivity index (χ3v) is 1.71. The zero-order valence-corrected chi connectivity index (χ0v) is 7.81. The summed E-state index contributed by atoms with van der Waals surface area (Å²) in [7, 11) is 1.90. The van der Waals surface area contributed by atoms with Crippen molar-refractivity contribution >= 4 is 5.82 Å². The highest BCUT2D eigenvalue weighted by atomic mass is 15.2. The number of nitrogens with zero attached hydrogens (tertiary/aromatic N) is 4. The van der Waals surface area contributed by atoms with Gasteiger partial charge in [-0.25, -0.2) is 4.98 Å². The van der Waals surface area contributed by atoms with E-state index in [2.05, 4.69) is 16.0 Å². The summed E-state index contributed by atoms with van der Waals surface area (Å²) in [6, 6.07) is 2.18. The van der Waals surface area contributed by atoms with Crippen molar-refractivity contribution in [3.05, 3.63) is 18.6 Å². The number of hydrogen-bond donors (Lipinski definition) is 0. The van der Waals surface area contributed by atoms with Gasteiger partial charge in [0.05, 0.1) is 18.2 Å². The second-order valence-corrected chi connectivity index (χ2v) is 2.97. The Balaban J connectivity index is 2.60. The van der Waals surface area contributed by atoms with E-state index in [1.54, 1.807) is 18.6 Å². The largest absolute Gasteiger partial charge is 0.357 e. The van der Waals surface area contributed by atoms with Crippen LogP contribution in [-0.4, -0.2) is 23.6 Å². The highest BCUT2D eigenvalue weighted by molar-refractivity contribution is 5.33. The first-order chi connectivity index (χ1) is 6.24. The quantitative estimate of drug-likeness (QED) is 0.691. The number of hydrogen-bond acceptors (Lipinski definition) is 4. The van der Waals surface area contributed by atoms with E-state index in [1.807, 2.05) is 18.9 Å². The Hall–Kier alpha value is -1.63. The second-order valence-electron chi connectivity index (χ2n) is 2.97. The molecule has 1 atom stereocenters. The molecular weight excluding hydrogens is 164 g/mol. The first-order valence-electron chi connectivity index (χ1n) is 4.11. The fraction of sp³-hybridized carbons (Fsp3) is 0.444. The Morgan fingerprint density at radius 1 is 1.62 bits per heavy atom. The third-order valence-electron chi connectivity index (χ3n) is 1.71. The van der Waals surface area contributed by atoms with Gasteiger partial charge in [-0.3, -0.25) is 4.98 Å². The Morgan fingerprint density at radius 3 is 2.92 bits per heavy atom. The molecule has 0 aliphatic rings. The molecular formula is C9H12N4. The Bertz CT molecular complexity index is 290. The van der Waals surface area contributed by atoms with Gasteiger partial charge in [-0.1, -0.05) is 0 Å². The fourth-order valence-electron chi connectivity index (χ4n) is 1.03. The predicted octanol–water partition coefficient (Wildman–Crippen LogP) is 1.07. The number of aromatic nitrogens is 2. The average Bonchev–Trinajstić information content (AvgIpc) is 2.19. The van der Waals surface area contributed by atoms with E-state index in [4.69, 9.17) is 5.26 Å². The third kappa shape index (κ3) is 2.71. The van der Waals surface area contributed by atoms with Gasteiger partial charge in [0.1, 0.15) is 5.82 Å². The maximum absolute atomic E-state index is 8.62. The summed E-state index contributed by atoms with van der Waals surface area (Å²) in [4.78, 5) is 9.99. The molecule has 0 aromatic carbocycles. The summed E-state index contributed by atoms with van der Waals surface area (Å²) in [5, 5.41) is 8.62. The van der Waals surface area contributed by atoms with E-state index in [9.17, 15) is 0 Å². The smallest absolute Gasteiger partial charge is 0.146 e. The van der Waals surface area contributed by atoms with Crippen LogP contribution in [0.1, 0.15) is 6.92 Å². The van der Waals surface area contributed by atoms with Gasteiger partial charge in [0.15, 0.2) is 0 Å². The monoisotopic (exact) mass is 176 g/mol. The van der Waals surface area contributed by atoms with Crippen molar-refractivity contribution in [2.45, 2.75) is 6.92 Å². The number of nitriles is 1. The molecule has 13 heavy (non-hydrogen) atoms. The van der Waals surface area contributed by atoms with Crippen LogP contribution in [-0.2, 0) is 0 Å². The molecule has 0 saturated carbocycles. The van der Waals surface area contributed by atoms with Crippen LogP contribution in [0.15, 0.2) is 18.6 Å². The van der Waals surface area contributed by atoms with E-state index < -0.39 is 0 Å². The standard InChI is InChI=1S/C9H12N4/c1-8(5-10)7-13(2)9-6-11-3-4-12-9/h3-4,6,8H,7H2,1-2H3. The van der Waals surface area contributed by atoms with Crippen molar-refractivity contribution in [3.8, 4) is 6.07 Å². The van der Waals surface area contributed by atoms with Gasteiger partial charge in [0.2, 0.25) is 0 Å². The van der Waals surface area contributed by atoms with E-state index >= 15 is 0 Å². The Morgan fingerprint density at radius 2 is 2.38 bits per heavy atom. The van der Waals surface area contributed by atoms with Crippen LogP contribution in [0.25, 0.3) is 0 Å². The summed E-state index contributed by atoms with van der Waals surface area (Å²) in [5.74, 6) is 0.802. The topological polar surface area (TPSA) is 52.8 Å². The molecule has 68 valence electrons. The summed E-state index contributed by atoms with van der Waals surface area (Å²) in [5.41, 5.74) is 0. The molecule has 0 saturated heterocycles. The molecule has 0 amide bonds. The minimum atomic E-state index is 0.00649. The maximum Gasteiger partial charge on any atom is 0.146 e. The van der Waals surface area contributed by atoms with Gasteiger partial charge in [-0.15, -0.1) is 0 Å². The van der Waals surface area contributed by atoms with Gasteiger partial charge < -0.3 is 4.90 Å². The van der Waals surface area contributed by atoms with E-state index in [-0.39, 0.29) is 5.92 Å². The zero-order chi connectivity index (χ0) is 9.68. The van der Waals surface area contributed by atoms with Crippen LogP contribution in [0.2, 0.25) is 0 Å². The van der Waals surface area contributed by atoms with Crippen LogP contribution >= 0.6 is 0 Å². The SMILES string of the molecule is CC(C#N)CN(C)c1cnccn1. The van der Waals surface area contributed by atoms with Crippen molar-refractivity contribution in [2.75, 3.05) is 18.5 Å². The lowest BCUT2D eigenvalue weighted by molar-refractivity contribution is 0.709. The molecule has 1 aromatic rings. The lowest BCUT2D eigenvalue weighted by Gasteiger charge is -2.18. The summed E-state index contributed by atoms with van der Waals surface area (Å²) in [6.07, 6.45) is 4.96. The molecule has 1 heterocycles. The van der Waals surface area contributed by atoms with Crippen molar-refractivity contribution in [2.24, 2.45) is 5.92 Å². The lowest BCUT2D eigenvalue weighted by Crippen LogP contribution is -2.24. The van der Waals surface area contributed by atoms with Gasteiger partial charge in [0.25, 0.3) is 0 Å². The van der Waals surface area contributed by atoms with Crippen molar-refractivity contribution in [1.29, 1.82) is 5.26 Å². The molecule has 0 spiro atoms. The van der Waals surface area contributed by atoms with E-state index in [0.29, 0.717) is 6.54 Å². The number of rotatable bonds is 3. The summed E-state index contributed by atoms with van der Waals surface area (Å²) >= 11 is 0. The van der Waals surface area contributed by atoms with Crippen molar-refractivity contribution in [1.82, 2.24) is 9.97 Å². The van der Waals surface area contributed by atoms with Crippen molar-refractivity contribution < 1.29 is 0 Å². The van der Waals surface area contributed by atoms with Crippen LogP contribution < -0.4 is 4.90 Å². The highest BCUT2D eigenvalue weighted by Gasteiger charge is 2.06. The zero-order valence-electron chi connectivity index (χ0n) is 7.81. The molecule has 1 unspecified atom stereocenters. The van der Waals surface area contributed by atoms with Gasteiger partial charge in [0, 0.05) is 26.0 Å². The van der Waals surface area contributed by atoms with Crippen LogP contribution in [0, 0.1) is 17.2 Å². The molecule has 0 aliphatic carbocycles. The summed E-state index contributed by atoms with van der Waals surface area (Å²) < 4.78 is 0. The first kappa shape index (κ1) is 9.46. The molecule has 0 bridgehead atoms. The van der Waals surface area contributed by atoms with Gasteiger partial charge in [-0.2, -0.15) is 5.26 Å². The Labute approximate surface area is 77.8 Å². The minimum absolute atomic E-state index is 0.00649. The van der Waals surface area contributed by atoms with Crippen molar-refractivity contribution in [3.63, 3.8) is 0 Å². The predicted molar refractivity (Wildman–Crippen MR) is 50.1 cm³/mol. The summed E-state index contributed by atoms with van der Waals surface area (Å²) in [6.45, 7) is 2.56. The molecule has 0 fully saturated rings. The average molecular weight is 176 g/mol. The fourth-order valence-corrected chi connectivity index (χ4v) is 1.03. The second kappa shape index (κ2) is 4.41. The molecule has 0 N–H and O–H groups in total. The normalized spacial score (nSPS) is 11.8. The first-order valence-corrected chi connectivity index (χ1v) is 4.11. The lowest BCUT2D eigenvalue weighted by atomic mass is 10.2. The molecule has 4 heteroatoms. The van der Waals surface area contributed by atoms with E-state index in [1.165, 1.54) is 0 Å². The molecule has 1 aromatic heterocycles. The van der Waals surface area contributed by atoms with Gasteiger partial charge in [-0.05, 0) is 6.92 Å². The number of anilines is 1. The Kier molecular flexibility index (Phi) is 3.21. The highest BCUT2D eigenvalue weighted by Crippen LogP contribution is 2.06. The maximum atomic E-state index is 8.62. The molecule has 0 aliphatic heterocycles. The van der Waals surface area contributed by atoms with Crippen LogP contribution in [0.4, 0.5) is 5.82 Å². The molecule has 0 radical (unpaired) electrons. The molecule has 1 rings (SSSR count). The van der Waals surface area contributed by atoms with Crippen LogP contribution in [0.5, 0.6) is 0 Å². The van der Waals surface area contributed by atoms with Gasteiger partial charge >= 0.3 is 0 Å². The minimum Gasteiger partial charge on any atom is -0.357 e.